The second kappa shape index (κ2) is 6.72. The molecule has 0 aromatic heterocycles. The number of benzene rings is 2. The van der Waals surface area contributed by atoms with Gasteiger partial charge in [0.15, 0.2) is 0 Å². The maximum absolute atomic E-state index is 12.2. The van der Waals surface area contributed by atoms with E-state index in [0.717, 1.165) is 11.1 Å². The molecular weight excluding hydrogens is 278 g/mol. The van der Waals surface area contributed by atoms with Gasteiger partial charge in [-0.15, -0.1) is 0 Å². The number of amides is 1. The Morgan fingerprint density at radius 3 is 2.36 bits per heavy atom. The van der Waals surface area contributed by atoms with E-state index in [-0.39, 0.29) is 17.2 Å². The summed E-state index contributed by atoms with van der Waals surface area (Å²) in [6.45, 7) is 3.67. The molecule has 0 saturated heterocycles. The largest absolute Gasteiger partial charge is 0.478 e. The minimum atomic E-state index is -1.07. The molecule has 112 valence electrons. The first-order chi connectivity index (χ1) is 10.5. The van der Waals surface area contributed by atoms with E-state index in [1.54, 1.807) is 31.2 Å². The van der Waals surface area contributed by atoms with Crippen LogP contribution in [-0.4, -0.2) is 17.0 Å². The molecule has 2 aromatic rings. The average Bonchev–Trinajstić information content (AvgIpc) is 2.49. The first-order valence-corrected chi connectivity index (χ1v) is 6.86. The molecule has 4 nitrogen and oxygen atoms in total. The highest BCUT2D eigenvalue weighted by molar-refractivity contribution is 6.09. The Kier molecular flexibility index (Phi) is 4.73. The number of carbonyl (C=O) groups is 2. The number of nitrogens with one attached hydrogen (secondary N) is 1. The topological polar surface area (TPSA) is 66.4 Å². The number of aryl methyl sites for hydroxylation is 1. The normalized spacial score (nSPS) is 11.1. The van der Waals surface area contributed by atoms with Crippen molar-refractivity contribution in [1.29, 1.82) is 0 Å². The van der Waals surface area contributed by atoms with E-state index in [4.69, 9.17) is 5.11 Å². The number of para-hydroxylation sites is 1. The zero-order valence-electron chi connectivity index (χ0n) is 12.5. The first kappa shape index (κ1) is 15.5. The summed E-state index contributed by atoms with van der Waals surface area (Å²) in [5, 5.41) is 11.8. The predicted molar refractivity (Wildman–Crippen MR) is 86.9 cm³/mol. The molecule has 0 spiro atoms. The summed E-state index contributed by atoms with van der Waals surface area (Å²) in [5.41, 5.74) is 2.90. The van der Waals surface area contributed by atoms with E-state index in [9.17, 15) is 9.59 Å². The van der Waals surface area contributed by atoms with Crippen molar-refractivity contribution in [2.75, 3.05) is 5.32 Å². The Hall–Kier alpha value is -2.88. The number of carboxylic acid groups (broad SMARTS) is 1. The molecule has 22 heavy (non-hydrogen) atoms. The quantitative estimate of drug-likeness (QED) is 0.844. The van der Waals surface area contributed by atoms with Gasteiger partial charge in [-0.3, -0.25) is 4.79 Å². The van der Waals surface area contributed by atoms with Gasteiger partial charge in [0.1, 0.15) is 0 Å². The lowest BCUT2D eigenvalue weighted by atomic mass is 10.1. The molecule has 0 unspecified atom stereocenters. The van der Waals surface area contributed by atoms with Gasteiger partial charge in [-0.25, -0.2) is 4.79 Å². The minimum Gasteiger partial charge on any atom is -0.478 e. The van der Waals surface area contributed by atoms with Gasteiger partial charge < -0.3 is 10.4 Å². The molecule has 0 atom stereocenters. The van der Waals surface area contributed by atoms with Crippen molar-refractivity contribution >= 4 is 23.6 Å². The van der Waals surface area contributed by atoms with Gasteiger partial charge in [-0.1, -0.05) is 36.4 Å². The van der Waals surface area contributed by atoms with Crippen molar-refractivity contribution in [3.63, 3.8) is 0 Å². The summed E-state index contributed by atoms with van der Waals surface area (Å²) in [4.78, 5) is 23.4. The van der Waals surface area contributed by atoms with E-state index < -0.39 is 5.97 Å². The fraction of sp³-hybridized carbons (Fsp3) is 0.111. The highest BCUT2D eigenvalue weighted by Crippen LogP contribution is 2.17. The molecule has 0 radical (unpaired) electrons. The van der Waals surface area contributed by atoms with Crippen molar-refractivity contribution in [1.82, 2.24) is 0 Å². The van der Waals surface area contributed by atoms with Crippen LogP contribution in [0, 0.1) is 6.92 Å². The Labute approximate surface area is 129 Å². The lowest BCUT2D eigenvalue weighted by Gasteiger charge is -2.09. The molecule has 4 heteroatoms. The van der Waals surface area contributed by atoms with Crippen molar-refractivity contribution in [2.45, 2.75) is 13.8 Å². The average molecular weight is 295 g/mol. The standard InChI is InChI=1S/C18H17NO3/c1-12-7-3-4-8-14(12)11-13(2)17(20)19-16-10-6-5-9-15(16)18(21)22/h3-11H,1-2H3,(H,19,20)(H,21,22)/b13-11+. The highest BCUT2D eigenvalue weighted by Gasteiger charge is 2.12. The van der Waals surface area contributed by atoms with E-state index in [0.29, 0.717) is 5.57 Å². The number of carboxylic acids is 1. The van der Waals surface area contributed by atoms with Crippen molar-refractivity contribution in [2.24, 2.45) is 0 Å². The molecule has 0 heterocycles. The number of anilines is 1. The van der Waals surface area contributed by atoms with Gasteiger partial charge >= 0.3 is 5.97 Å². The summed E-state index contributed by atoms with van der Waals surface area (Å²) >= 11 is 0. The minimum absolute atomic E-state index is 0.0690. The number of hydrogen-bond acceptors (Lipinski definition) is 2. The number of carbonyl (C=O) groups excluding carboxylic acids is 1. The molecule has 0 aliphatic rings. The summed E-state index contributed by atoms with van der Waals surface area (Å²) in [7, 11) is 0. The third-order valence-electron chi connectivity index (χ3n) is 3.32. The van der Waals surface area contributed by atoms with Crippen LogP contribution in [0.25, 0.3) is 6.08 Å². The van der Waals surface area contributed by atoms with Gasteiger partial charge in [-0.05, 0) is 43.2 Å². The molecular formula is C18H17NO3. The smallest absolute Gasteiger partial charge is 0.337 e. The van der Waals surface area contributed by atoms with Gasteiger partial charge in [0.25, 0.3) is 5.91 Å². The predicted octanol–water partition coefficient (Wildman–Crippen LogP) is 3.74. The lowest BCUT2D eigenvalue weighted by Crippen LogP contribution is -2.15. The lowest BCUT2D eigenvalue weighted by molar-refractivity contribution is -0.112. The molecule has 0 aliphatic heterocycles. The van der Waals surface area contributed by atoms with Crippen LogP contribution < -0.4 is 5.32 Å². The summed E-state index contributed by atoms with van der Waals surface area (Å²) in [6, 6.07) is 14.1. The monoisotopic (exact) mass is 295 g/mol. The molecule has 0 saturated carbocycles. The molecule has 2 rings (SSSR count). The van der Waals surface area contributed by atoms with Crippen LogP contribution in [0.15, 0.2) is 54.1 Å². The van der Waals surface area contributed by atoms with Crippen LogP contribution in [0.5, 0.6) is 0 Å². The third kappa shape index (κ3) is 3.61. The Morgan fingerprint density at radius 2 is 1.68 bits per heavy atom. The Balaban J connectivity index is 2.23. The molecule has 2 aromatic carbocycles. The SMILES string of the molecule is C/C(=C\c1ccccc1C)C(=O)Nc1ccccc1C(=O)O. The number of rotatable bonds is 4. The Morgan fingerprint density at radius 1 is 1.05 bits per heavy atom. The van der Waals surface area contributed by atoms with Crippen LogP contribution in [0.3, 0.4) is 0 Å². The van der Waals surface area contributed by atoms with Gasteiger partial charge in [0.05, 0.1) is 11.3 Å². The number of hydrogen-bond donors (Lipinski definition) is 2. The van der Waals surface area contributed by atoms with E-state index in [1.165, 1.54) is 6.07 Å². The molecule has 0 bridgehead atoms. The van der Waals surface area contributed by atoms with E-state index in [1.807, 2.05) is 31.2 Å². The zero-order chi connectivity index (χ0) is 16.1. The maximum Gasteiger partial charge on any atom is 0.337 e. The molecule has 0 aliphatic carbocycles. The first-order valence-electron chi connectivity index (χ1n) is 6.86. The van der Waals surface area contributed by atoms with Crippen molar-refractivity contribution in [3.05, 3.63) is 70.8 Å². The maximum atomic E-state index is 12.2. The highest BCUT2D eigenvalue weighted by atomic mass is 16.4. The van der Waals surface area contributed by atoms with Crippen LogP contribution in [0.1, 0.15) is 28.4 Å². The van der Waals surface area contributed by atoms with Gasteiger partial charge in [0.2, 0.25) is 0 Å². The molecule has 2 N–H and O–H groups in total. The van der Waals surface area contributed by atoms with Gasteiger partial charge in [0, 0.05) is 5.57 Å². The van der Waals surface area contributed by atoms with Crippen molar-refractivity contribution in [3.8, 4) is 0 Å². The second-order valence-electron chi connectivity index (χ2n) is 4.99. The zero-order valence-corrected chi connectivity index (χ0v) is 12.5. The summed E-state index contributed by atoms with van der Waals surface area (Å²) < 4.78 is 0. The van der Waals surface area contributed by atoms with E-state index >= 15 is 0 Å². The van der Waals surface area contributed by atoms with Crippen LogP contribution in [0.2, 0.25) is 0 Å². The summed E-state index contributed by atoms with van der Waals surface area (Å²) in [5.74, 6) is -1.40. The van der Waals surface area contributed by atoms with Crippen LogP contribution >= 0.6 is 0 Å². The molecule has 0 fully saturated rings. The van der Waals surface area contributed by atoms with Crippen molar-refractivity contribution < 1.29 is 14.7 Å². The number of aromatic carboxylic acids is 1. The van der Waals surface area contributed by atoms with E-state index in [2.05, 4.69) is 5.32 Å². The summed E-state index contributed by atoms with van der Waals surface area (Å²) in [6.07, 6.45) is 1.79. The molecule has 1 amide bonds. The van der Waals surface area contributed by atoms with Crippen LogP contribution in [-0.2, 0) is 4.79 Å². The fourth-order valence-electron chi connectivity index (χ4n) is 2.05. The third-order valence-corrected chi connectivity index (χ3v) is 3.32. The Bertz CT molecular complexity index is 748. The van der Waals surface area contributed by atoms with Crippen LogP contribution in [0.4, 0.5) is 5.69 Å². The fourth-order valence-corrected chi connectivity index (χ4v) is 2.05. The van der Waals surface area contributed by atoms with Gasteiger partial charge in [-0.2, -0.15) is 0 Å². The second-order valence-corrected chi connectivity index (χ2v) is 4.99.